The fourth-order valence-electron chi connectivity index (χ4n) is 3.84. The topological polar surface area (TPSA) is 38.8 Å². The van der Waals surface area contributed by atoms with E-state index in [1.807, 2.05) is 35.2 Å². The summed E-state index contributed by atoms with van der Waals surface area (Å²) in [5.41, 5.74) is 3.69. The third-order valence-electron chi connectivity index (χ3n) is 5.56. The molecule has 0 spiro atoms. The number of carbonyl (C=O) groups excluding carboxylic acids is 1. The van der Waals surface area contributed by atoms with Crippen LogP contribution in [0.15, 0.2) is 60.7 Å². The molecule has 1 amide bonds. The molecule has 0 aliphatic carbocycles. The molecule has 4 rings (SSSR count). The maximum absolute atomic E-state index is 12.7. The summed E-state index contributed by atoms with van der Waals surface area (Å²) in [6.07, 6.45) is 4.81. The first kappa shape index (κ1) is 18.8. The molecule has 1 saturated heterocycles. The van der Waals surface area contributed by atoms with Crippen LogP contribution in [0.3, 0.4) is 0 Å². The number of hydrogen-bond donors (Lipinski definition) is 0. The number of rotatable bonds is 5. The maximum atomic E-state index is 12.7. The third-order valence-corrected chi connectivity index (χ3v) is 5.56. The van der Waals surface area contributed by atoms with Gasteiger partial charge >= 0.3 is 0 Å². The summed E-state index contributed by atoms with van der Waals surface area (Å²) in [6, 6.07) is 18.5. The zero-order valence-electron chi connectivity index (χ0n) is 16.2. The largest absolute Gasteiger partial charge is 0.489 e. The van der Waals surface area contributed by atoms with Gasteiger partial charge in [0.2, 0.25) is 5.91 Å². The number of nitrogens with zero attached hydrogens (tertiary/aromatic N) is 1. The van der Waals surface area contributed by atoms with Gasteiger partial charge in [-0.1, -0.05) is 48.5 Å². The lowest BCUT2D eigenvalue weighted by molar-refractivity contribution is -0.138. The predicted molar refractivity (Wildman–Crippen MR) is 110 cm³/mol. The first-order valence-corrected chi connectivity index (χ1v) is 10.1. The number of amides is 1. The molecule has 1 fully saturated rings. The van der Waals surface area contributed by atoms with Crippen LogP contribution in [0.2, 0.25) is 0 Å². The highest BCUT2D eigenvalue weighted by molar-refractivity contribution is 5.80. The monoisotopic (exact) mass is 377 g/mol. The van der Waals surface area contributed by atoms with Gasteiger partial charge in [-0.15, -0.1) is 0 Å². The van der Waals surface area contributed by atoms with Crippen LogP contribution in [-0.4, -0.2) is 37.1 Å². The van der Waals surface area contributed by atoms with Crippen LogP contribution in [0.1, 0.15) is 30.4 Å². The van der Waals surface area contributed by atoms with E-state index in [9.17, 15) is 4.79 Å². The fraction of sp³-hybridized carbons (Fsp3) is 0.375. The molecule has 2 aliphatic heterocycles. The standard InChI is InChI=1S/C24H27NO3/c26-24(22-12-16-27-17-13-22)25-14-10-21(11-15-25)20-6-8-23(9-7-20)28-18-19-4-2-1-3-5-19/h1-10,22H,11-18H2. The van der Waals surface area contributed by atoms with Crippen LogP contribution in [0, 0.1) is 5.92 Å². The van der Waals surface area contributed by atoms with E-state index >= 15 is 0 Å². The molecule has 2 heterocycles. The molecule has 0 bridgehead atoms. The molecule has 146 valence electrons. The molecule has 0 aromatic heterocycles. The van der Waals surface area contributed by atoms with Crippen molar-refractivity contribution >= 4 is 11.5 Å². The highest BCUT2D eigenvalue weighted by Crippen LogP contribution is 2.26. The zero-order chi connectivity index (χ0) is 19.2. The molecule has 0 N–H and O–H groups in total. The van der Waals surface area contributed by atoms with Crippen LogP contribution in [0.5, 0.6) is 5.75 Å². The Morgan fingerprint density at radius 2 is 1.79 bits per heavy atom. The summed E-state index contributed by atoms with van der Waals surface area (Å²) in [5.74, 6) is 1.31. The first-order chi connectivity index (χ1) is 13.8. The van der Waals surface area contributed by atoms with E-state index < -0.39 is 0 Å². The van der Waals surface area contributed by atoms with Gasteiger partial charge in [0.25, 0.3) is 0 Å². The van der Waals surface area contributed by atoms with Gasteiger partial charge in [0.15, 0.2) is 0 Å². The van der Waals surface area contributed by atoms with E-state index in [2.05, 4.69) is 30.3 Å². The van der Waals surface area contributed by atoms with Crippen molar-refractivity contribution in [2.24, 2.45) is 5.92 Å². The van der Waals surface area contributed by atoms with Gasteiger partial charge in [-0.2, -0.15) is 0 Å². The minimum atomic E-state index is 0.143. The highest BCUT2D eigenvalue weighted by atomic mass is 16.5. The van der Waals surface area contributed by atoms with Gasteiger partial charge < -0.3 is 14.4 Å². The highest BCUT2D eigenvalue weighted by Gasteiger charge is 2.27. The molecular formula is C24H27NO3. The van der Waals surface area contributed by atoms with Crippen LogP contribution in [0.4, 0.5) is 0 Å². The van der Waals surface area contributed by atoms with E-state index in [0.717, 1.165) is 37.1 Å². The Kier molecular flexibility index (Phi) is 6.07. The molecular weight excluding hydrogens is 350 g/mol. The molecule has 0 atom stereocenters. The summed E-state index contributed by atoms with van der Waals surface area (Å²) >= 11 is 0. The molecule has 2 aromatic rings. The van der Waals surface area contributed by atoms with Crippen LogP contribution in [0.25, 0.3) is 5.57 Å². The minimum absolute atomic E-state index is 0.143. The smallest absolute Gasteiger partial charge is 0.226 e. The average Bonchev–Trinajstić information content (AvgIpc) is 2.79. The molecule has 0 saturated carbocycles. The molecule has 2 aliphatic rings. The minimum Gasteiger partial charge on any atom is -0.489 e. The van der Waals surface area contributed by atoms with Crippen molar-refractivity contribution in [3.05, 3.63) is 71.8 Å². The van der Waals surface area contributed by atoms with Crippen molar-refractivity contribution in [2.45, 2.75) is 25.9 Å². The Bertz CT molecular complexity index is 808. The van der Waals surface area contributed by atoms with Crippen molar-refractivity contribution in [2.75, 3.05) is 26.3 Å². The predicted octanol–water partition coefficient (Wildman–Crippen LogP) is 4.31. The van der Waals surface area contributed by atoms with Gasteiger partial charge in [0.1, 0.15) is 12.4 Å². The van der Waals surface area contributed by atoms with Gasteiger partial charge in [0, 0.05) is 32.2 Å². The van der Waals surface area contributed by atoms with Crippen molar-refractivity contribution in [1.29, 1.82) is 0 Å². The quantitative estimate of drug-likeness (QED) is 0.779. The Labute approximate surface area is 166 Å². The number of carbonyl (C=O) groups is 1. The van der Waals surface area contributed by atoms with E-state index in [1.165, 1.54) is 11.1 Å². The Hall–Kier alpha value is -2.59. The fourth-order valence-corrected chi connectivity index (χ4v) is 3.84. The van der Waals surface area contributed by atoms with E-state index in [4.69, 9.17) is 9.47 Å². The molecule has 0 unspecified atom stereocenters. The molecule has 4 nitrogen and oxygen atoms in total. The molecule has 4 heteroatoms. The third kappa shape index (κ3) is 4.63. The SMILES string of the molecule is O=C(C1CCOCC1)N1CC=C(c2ccc(OCc3ccccc3)cc2)CC1. The van der Waals surface area contributed by atoms with Crippen LogP contribution in [-0.2, 0) is 16.1 Å². The van der Waals surface area contributed by atoms with E-state index in [1.54, 1.807) is 0 Å². The summed E-state index contributed by atoms with van der Waals surface area (Å²) in [4.78, 5) is 14.7. The van der Waals surface area contributed by atoms with Gasteiger partial charge in [-0.05, 0) is 48.1 Å². The maximum Gasteiger partial charge on any atom is 0.226 e. The second kappa shape index (κ2) is 9.07. The number of hydrogen-bond acceptors (Lipinski definition) is 3. The lowest BCUT2D eigenvalue weighted by atomic mass is 9.95. The summed E-state index contributed by atoms with van der Waals surface area (Å²) < 4.78 is 11.2. The second-order valence-electron chi connectivity index (χ2n) is 7.45. The lowest BCUT2D eigenvalue weighted by Crippen LogP contribution is -2.40. The second-order valence-corrected chi connectivity index (χ2v) is 7.45. The van der Waals surface area contributed by atoms with Crippen LogP contribution >= 0.6 is 0 Å². The average molecular weight is 377 g/mol. The summed E-state index contributed by atoms with van der Waals surface area (Å²) in [6.45, 7) is 3.51. The molecule has 2 aromatic carbocycles. The Balaban J connectivity index is 1.32. The summed E-state index contributed by atoms with van der Waals surface area (Å²) in [7, 11) is 0. The summed E-state index contributed by atoms with van der Waals surface area (Å²) in [5, 5.41) is 0. The Morgan fingerprint density at radius 3 is 2.46 bits per heavy atom. The van der Waals surface area contributed by atoms with Crippen molar-refractivity contribution < 1.29 is 14.3 Å². The van der Waals surface area contributed by atoms with Gasteiger partial charge in [0.05, 0.1) is 0 Å². The molecule has 0 radical (unpaired) electrons. The normalized spacial score (nSPS) is 17.9. The van der Waals surface area contributed by atoms with Crippen LogP contribution < -0.4 is 4.74 Å². The Morgan fingerprint density at radius 1 is 1.04 bits per heavy atom. The van der Waals surface area contributed by atoms with Crippen molar-refractivity contribution in [3.63, 3.8) is 0 Å². The zero-order valence-corrected chi connectivity index (χ0v) is 16.2. The first-order valence-electron chi connectivity index (χ1n) is 10.1. The van der Waals surface area contributed by atoms with Crippen molar-refractivity contribution in [1.82, 2.24) is 4.90 Å². The van der Waals surface area contributed by atoms with Gasteiger partial charge in [-0.3, -0.25) is 4.79 Å². The number of benzene rings is 2. The lowest BCUT2D eigenvalue weighted by Gasteiger charge is -2.31. The van der Waals surface area contributed by atoms with Gasteiger partial charge in [-0.25, -0.2) is 0 Å². The van der Waals surface area contributed by atoms with E-state index in [-0.39, 0.29) is 5.92 Å². The molecule has 28 heavy (non-hydrogen) atoms. The van der Waals surface area contributed by atoms with Crippen molar-refractivity contribution in [3.8, 4) is 5.75 Å². The van der Waals surface area contributed by atoms with E-state index in [0.29, 0.717) is 32.3 Å². The number of ether oxygens (including phenoxy) is 2.